The van der Waals surface area contributed by atoms with E-state index < -0.39 is 10.0 Å². The Balaban J connectivity index is 2.20. The molecule has 0 aliphatic rings. The van der Waals surface area contributed by atoms with Crippen molar-refractivity contribution in [1.82, 2.24) is 4.31 Å². The lowest BCUT2D eigenvalue weighted by Crippen LogP contribution is -2.24. The van der Waals surface area contributed by atoms with Crippen LogP contribution in [0.25, 0.3) is 0 Å². The zero-order valence-corrected chi connectivity index (χ0v) is 17.4. The zero-order chi connectivity index (χ0) is 20.4. The smallest absolute Gasteiger partial charge is 0.262 e. The van der Waals surface area contributed by atoms with Crippen molar-refractivity contribution in [3.8, 4) is 5.75 Å². The number of rotatable bonds is 6. The van der Waals surface area contributed by atoms with Gasteiger partial charge in [0.25, 0.3) is 5.91 Å². The summed E-state index contributed by atoms with van der Waals surface area (Å²) < 4.78 is 31.6. The van der Waals surface area contributed by atoms with Crippen LogP contribution in [0, 0.1) is 27.7 Å². The van der Waals surface area contributed by atoms with E-state index in [0.717, 1.165) is 26.6 Å². The van der Waals surface area contributed by atoms with E-state index in [-0.39, 0.29) is 17.4 Å². The van der Waals surface area contributed by atoms with E-state index in [1.807, 2.05) is 45.9 Å². The topological polar surface area (TPSA) is 75.7 Å². The van der Waals surface area contributed by atoms with Crippen molar-refractivity contribution in [3.63, 3.8) is 0 Å². The molecule has 0 fully saturated rings. The van der Waals surface area contributed by atoms with Crippen LogP contribution in [0.5, 0.6) is 5.75 Å². The molecule has 27 heavy (non-hydrogen) atoms. The molecule has 1 N–H and O–H groups in total. The molecular weight excluding hydrogens is 364 g/mol. The monoisotopic (exact) mass is 390 g/mol. The molecule has 7 heteroatoms. The molecule has 6 nitrogen and oxygen atoms in total. The minimum atomic E-state index is -3.59. The molecule has 1 amide bonds. The van der Waals surface area contributed by atoms with Crippen molar-refractivity contribution < 1.29 is 17.9 Å². The van der Waals surface area contributed by atoms with Crippen LogP contribution in [0.15, 0.2) is 35.2 Å². The van der Waals surface area contributed by atoms with Crippen LogP contribution in [-0.2, 0) is 14.8 Å². The first-order chi connectivity index (χ1) is 12.5. The summed E-state index contributed by atoms with van der Waals surface area (Å²) in [4.78, 5) is 12.5. The minimum absolute atomic E-state index is 0.140. The van der Waals surface area contributed by atoms with E-state index in [9.17, 15) is 13.2 Å². The van der Waals surface area contributed by atoms with Gasteiger partial charge >= 0.3 is 0 Å². The third-order valence-electron chi connectivity index (χ3n) is 4.40. The summed E-state index contributed by atoms with van der Waals surface area (Å²) in [5.74, 6) is 0.305. The first-order valence-electron chi connectivity index (χ1n) is 8.56. The highest BCUT2D eigenvalue weighted by Gasteiger charge is 2.20. The number of nitrogens with one attached hydrogen (secondary N) is 1. The Hall–Kier alpha value is -2.38. The Morgan fingerprint density at radius 3 is 2.33 bits per heavy atom. The second-order valence-corrected chi connectivity index (χ2v) is 8.96. The molecule has 0 aliphatic carbocycles. The van der Waals surface area contributed by atoms with Gasteiger partial charge in [-0.05, 0) is 68.1 Å². The van der Waals surface area contributed by atoms with Crippen molar-refractivity contribution in [2.75, 3.05) is 26.0 Å². The van der Waals surface area contributed by atoms with Crippen LogP contribution < -0.4 is 10.1 Å². The number of benzene rings is 2. The number of sulfonamides is 1. The number of carbonyl (C=O) groups excluding carboxylic acids is 1. The second-order valence-electron chi connectivity index (χ2n) is 6.81. The standard InChI is InChI=1S/C20H26N2O4S/c1-13-7-8-14(2)19(9-13)26-12-20(23)21-18-11-17(10-15(3)16(18)4)27(24,25)22(5)6/h7-11H,12H2,1-6H3,(H,21,23). The lowest BCUT2D eigenvalue weighted by atomic mass is 10.1. The van der Waals surface area contributed by atoms with E-state index in [2.05, 4.69) is 5.32 Å². The second kappa shape index (κ2) is 8.10. The number of amides is 1. The van der Waals surface area contributed by atoms with Crippen molar-refractivity contribution in [1.29, 1.82) is 0 Å². The summed E-state index contributed by atoms with van der Waals surface area (Å²) >= 11 is 0. The highest BCUT2D eigenvalue weighted by Crippen LogP contribution is 2.26. The molecule has 0 radical (unpaired) electrons. The average Bonchev–Trinajstić information content (AvgIpc) is 2.59. The largest absolute Gasteiger partial charge is 0.483 e. The van der Waals surface area contributed by atoms with Crippen LogP contribution in [0.1, 0.15) is 22.3 Å². The van der Waals surface area contributed by atoms with E-state index >= 15 is 0 Å². The van der Waals surface area contributed by atoms with Crippen LogP contribution in [-0.4, -0.2) is 39.3 Å². The normalized spacial score (nSPS) is 11.5. The lowest BCUT2D eigenvalue weighted by molar-refractivity contribution is -0.118. The molecule has 0 atom stereocenters. The minimum Gasteiger partial charge on any atom is -0.483 e. The van der Waals surface area contributed by atoms with Crippen molar-refractivity contribution in [2.45, 2.75) is 32.6 Å². The quantitative estimate of drug-likeness (QED) is 0.822. The lowest BCUT2D eigenvalue weighted by Gasteiger charge is -2.17. The van der Waals surface area contributed by atoms with Gasteiger partial charge in [0.05, 0.1) is 4.90 Å². The highest BCUT2D eigenvalue weighted by atomic mass is 32.2. The number of hydrogen-bond donors (Lipinski definition) is 1. The first kappa shape index (κ1) is 20.9. The molecule has 0 aromatic heterocycles. The molecule has 0 bridgehead atoms. The van der Waals surface area contributed by atoms with Gasteiger partial charge in [-0.15, -0.1) is 0 Å². The van der Waals surface area contributed by atoms with Crippen molar-refractivity contribution in [3.05, 3.63) is 52.6 Å². The summed E-state index contributed by atoms with van der Waals surface area (Å²) in [6.45, 7) is 7.35. The third-order valence-corrected chi connectivity index (χ3v) is 6.19. The number of nitrogens with zero attached hydrogens (tertiary/aromatic N) is 1. The fourth-order valence-electron chi connectivity index (χ4n) is 2.51. The molecular formula is C20H26N2O4S. The fraction of sp³-hybridized carbons (Fsp3) is 0.350. The summed E-state index contributed by atoms with van der Waals surface area (Å²) in [6.07, 6.45) is 0. The molecule has 0 unspecified atom stereocenters. The summed E-state index contributed by atoms with van der Waals surface area (Å²) in [7, 11) is -0.643. The Morgan fingerprint density at radius 2 is 1.70 bits per heavy atom. The fourth-order valence-corrected chi connectivity index (χ4v) is 3.52. The Labute approximate surface area is 161 Å². The SMILES string of the molecule is Cc1ccc(C)c(OCC(=O)Nc2cc(S(=O)(=O)N(C)C)cc(C)c2C)c1. The van der Waals surface area contributed by atoms with Gasteiger partial charge in [0.2, 0.25) is 10.0 Å². The maximum atomic E-state index is 12.4. The Bertz CT molecular complexity index is 966. The number of hydrogen-bond acceptors (Lipinski definition) is 4. The van der Waals surface area contributed by atoms with Gasteiger partial charge in [-0.3, -0.25) is 4.79 Å². The number of ether oxygens (including phenoxy) is 1. The third kappa shape index (κ3) is 4.87. The van der Waals surface area contributed by atoms with Gasteiger partial charge in [0.1, 0.15) is 5.75 Å². The highest BCUT2D eigenvalue weighted by molar-refractivity contribution is 7.89. The van der Waals surface area contributed by atoms with Crippen LogP contribution in [0.4, 0.5) is 5.69 Å². The van der Waals surface area contributed by atoms with Gasteiger partial charge in [0, 0.05) is 19.8 Å². The Kier molecular flexibility index (Phi) is 6.28. The van der Waals surface area contributed by atoms with Crippen LogP contribution >= 0.6 is 0 Å². The molecule has 0 heterocycles. The van der Waals surface area contributed by atoms with Crippen molar-refractivity contribution in [2.24, 2.45) is 0 Å². The first-order valence-corrected chi connectivity index (χ1v) is 10.00. The summed E-state index contributed by atoms with van der Waals surface area (Å²) in [5, 5.41) is 2.76. The maximum absolute atomic E-state index is 12.4. The van der Waals surface area contributed by atoms with Gasteiger partial charge in [-0.25, -0.2) is 12.7 Å². The molecule has 0 saturated heterocycles. The number of anilines is 1. The van der Waals surface area contributed by atoms with E-state index in [4.69, 9.17) is 4.74 Å². The molecule has 0 saturated carbocycles. The molecule has 0 aliphatic heterocycles. The molecule has 0 spiro atoms. The van der Waals surface area contributed by atoms with Crippen molar-refractivity contribution >= 4 is 21.6 Å². The zero-order valence-electron chi connectivity index (χ0n) is 16.6. The molecule has 2 aromatic rings. The average molecular weight is 391 g/mol. The molecule has 2 aromatic carbocycles. The van der Waals surface area contributed by atoms with Crippen LogP contribution in [0.2, 0.25) is 0 Å². The van der Waals surface area contributed by atoms with E-state index in [1.165, 1.54) is 20.2 Å². The maximum Gasteiger partial charge on any atom is 0.262 e. The number of carbonyl (C=O) groups is 1. The van der Waals surface area contributed by atoms with Gasteiger partial charge in [-0.2, -0.15) is 0 Å². The molecule has 146 valence electrons. The predicted molar refractivity (Wildman–Crippen MR) is 107 cm³/mol. The van der Waals surface area contributed by atoms with E-state index in [1.54, 1.807) is 6.07 Å². The summed E-state index contributed by atoms with van der Waals surface area (Å²) in [5.41, 5.74) is 4.05. The van der Waals surface area contributed by atoms with Gasteiger partial charge in [0.15, 0.2) is 6.61 Å². The van der Waals surface area contributed by atoms with Gasteiger partial charge in [-0.1, -0.05) is 12.1 Å². The van der Waals surface area contributed by atoms with Crippen LogP contribution in [0.3, 0.4) is 0 Å². The van der Waals surface area contributed by atoms with E-state index in [0.29, 0.717) is 11.4 Å². The predicted octanol–water partition coefficient (Wildman–Crippen LogP) is 3.19. The van der Waals surface area contributed by atoms with Gasteiger partial charge < -0.3 is 10.1 Å². The Morgan fingerprint density at radius 1 is 1.04 bits per heavy atom. The molecule has 2 rings (SSSR count). The number of aryl methyl sites for hydroxylation is 3. The summed E-state index contributed by atoms with van der Waals surface area (Å²) in [6, 6.07) is 8.87.